The fourth-order valence-electron chi connectivity index (χ4n) is 2.40. The first-order valence-electron chi connectivity index (χ1n) is 6.62. The maximum Gasteiger partial charge on any atom is 0.198 e. The highest BCUT2D eigenvalue weighted by atomic mass is 127. The van der Waals surface area contributed by atoms with Crippen molar-refractivity contribution in [3.63, 3.8) is 0 Å². The van der Waals surface area contributed by atoms with E-state index in [0.29, 0.717) is 17.5 Å². The average Bonchev–Trinajstić information content (AvgIpc) is 2.87. The predicted molar refractivity (Wildman–Crippen MR) is 95.9 cm³/mol. The van der Waals surface area contributed by atoms with Gasteiger partial charge < -0.3 is 4.42 Å². The van der Waals surface area contributed by atoms with Gasteiger partial charge >= 0.3 is 0 Å². The monoisotopic (exact) mass is 454 g/mol. The highest BCUT2D eigenvalue weighted by Gasteiger charge is 2.22. The number of para-hydroxylation sites is 1. The lowest BCUT2D eigenvalue weighted by Crippen LogP contribution is -2.05. The van der Waals surface area contributed by atoms with Crippen LogP contribution in [0.4, 0.5) is 0 Å². The first-order chi connectivity index (χ1) is 10.1. The van der Waals surface area contributed by atoms with Crippen molar-refractivity contribution in [3.8, 4) is 0 Å². The van der Waals surface area contributed by atoms with Crippen LogP contribution in [-0.2, 0) is 6.42 Å². The van der Waals surface area contributed by atoms with Crippen molar-refractivity contribution in [2.75, 3.05) is 0 Å². The molecule has 0 amide bonds. The van der Waals surface area contributed by atoms with Crippen molar-refractivity contribution in [1.29, 1.82) is 0 Å². The average molecular weight is 455 g/mol. The van der Waals surface area contributed by atoms with Crippen LogP contribution in [-0.4, -0.2) is 5.78 Å². The van der Waals surface area contributed by atoms with Crippen LogP contribution in [0.2, 0.25) is 0 Å². The van der Waals surface area contributed by atoms with E-state index in [1.165, 1.54) is 0 Å². The molecule has 0 saturated carbocycles. The van der Waals surface area contributed by atoms with E-state index in [4.69, 9.17) is 4.42 Å². The zero-order valence-electron chi connectivity index (χ0n) is 11.3. The number of aryl methyl sites for hydroxylation is 1. The van der Waals surface area contributed by atoms with Gasteiger partial charge in [0.2, 0.25) is 0 Å². The number of carbonyl (C=O) groups excluding carboxylic acids is 1. The molecular weight excluding hydrogens is 443 g/mol. The number of carbonyl (C=O) groups is 1. The summed E-state index contributed by atoms with van der Waals surface area (Å²) < 4.78 is 7.66. The molecule has 0 saturated heterocycles. The van der Waals surface area contributed by atoms with E-state index in [9.17, 15) is 4.79 Å². The molecule has 0 bridgehead atoms. The second-order valence-electron chi connectivity index (χ2n) is 4.70. The largest absolute Gasteiger partial charge is 0.460 e. The number of hydrogen-bond acceptors (Lipinski definition) is 2. The Kier molecular flexibility index (Phi) is 4.17. The number of furan rings is 1. The van der Waals surface area contributed by atoms with Gasteiger partial charge in [-0.05, 0) is 46.9 Å². The third-order valence-corrected chi connectivity index (χ3v) is 4.82. The summed E-state index contributed by atoms with van der Waals surface area (Å²) >= 11 is 5.63. The van der Waals surface area contributed by atoms with Gasteiger partial charge in [0.05, 0.1) is 5.56 Å². The van der Waals surface area contributed by atoms with Gasteiger partial charge in [-0.2, -0.15) is 0 Å². The number of fused-ring (bicyclic) bond motifs is 1. The molecule has 2 aromatic carbocycles. The van der Waals surface area contributed by atoms with Crippen molar-refractivity contribution in [1.82, 2.24) is 0 Å². The predicted octanol–water partition coefficient (Wildman–Crippen LogP) is 5.59. The molecule has 0 aliphatic heterocycles. The van der Waals surface area contributed by atoms with E-state index in [-0.39, 0.29) is 5.78 Å². The minimum Gasteiger partial charge on any atom is -0.460 e. The fraction of sp³-hybridized carbons (Fsp3) is 0.118. The van der Waals surface area contributed by atoms with Gasteiger partial charge in [-0.25, -0.2) is 0 Å². The number of rotatable bonds is 3. The lowest BCUT2D eigenvalue weighted by molar-refractivity contribution is 0.103. The minimum atomic E-state index is 0.0162. The Labute approximate surface area is 144 Å². The summed E-state index contributed by atoms with van der Waals surface area (Å²) in [6.45, 7) is 2.00. The molecule has 0 aliphatic rings. The van der Waals surface area contributed by atoms with Gasteiger partial charge in [0.15, 0.2) is 5.78 Å². The highest BCUT2D eigenvalue weighted by Crippen LogP contribution is 2.30. The molecule has 106 valence electrons. The summed E-state index contributed by atoms with van der Waals surface area (Å²) in [6, 6.07) is 13.4. The lowest BCUT2D eigenvalue weighted by atomic mass is 9.99. The van der Waals surface area contributed by atoms with E-state index in [1.54, 1.807) is 0 Å². The smallest absolute Gasteiger partial charge is 0.198 e. The van der Waals surface area contributed by atoms with Crippen LogP contribution in [0.1, 0.15) is 28.6 Å². The fourth-order valence-corrected chi connectivity index (χ4v) is 3.34. The Balaban J connectivity index is 2.24. The summed E-state index contributed by atoms with van der Waals surface area (Å²) in [4.78, 5) is 13.0. The Morgan fingerprint density at radius 3 is 2.76 bits per heavy atom. The summed E-state index contributed by atoms with van der Waals surface area (Å²) in [5, 5.41) is 0.884. The van der Waals surface area contributed by atoms with Gasteiger partial charge in [0, 0.05) is 25.4 Å². The number of hydrogen-bond donors (Lipinski definition) is 0. The molecule has 0 atom stereocenters. The van der Waals surface area contributed by atoms with Crippen LogP contribution in [0.15, 0.2) is 51.4 Å². The molecule has 0 unspecified atom stereocenters. The Hall–Kier alpha value is -1.14. The molecule has 21 heavy (non-hydrogen) atoms. The van der Waals surface area contributed by atoms with E-state index in [2.05, 4.69) is 38.5 Å². The first-order valence-corrected chi connectivity index (χ1v) is 8.49. The SMILES string of the molecule is CCc1oc2ccccc2c1C(=O)c1cc(Br)ccc1I. The Morgan fingerprint density at radius 1 is 1.24 bits per heavy atom. The molecule has 1 aromatic heterocycles. The van der Waals surface area contributed by atoms with Crippen LogP contribution in [0, 0.1) is 3.57 Å². The van der Waals surface area contributed by atoms with Crippen LogP contribution in [0.5, 0.6) is 0 Å². The lowest BCUT2D eigenvalue weighted by Gasteiger charge is -2.05. The molecular formula is C17H12BrIO2. The molecule has 3 aromatic rings. The molecule has 1 heterocycles. The normalized spacial score (nSPS) is 11.0. The van der Waals surface area contributed by atoms with Gasteiger partial charge in [0.1, 0.15) is 11.3 Å². The van der Waals surface area contributed by atoms with Crippen LogP contribution >= 0.6 is 38.5 Å². The maximum absolute atomic E-state index is 13.0. The van der Waals surface area contributed by atoms with E-state index in [0.717, 1.165) is 24.8 Å². The summed E-state index contributed by atoms with van der Waals surface area (Å²) in [6.07, 6.45) is 0.695. The minimum absolute atomic E-state index is 0.0162. The molecule has 3 rings (SSSR count). The second-order valence-corrected chi connectivity index (χ2v) is 6.78. The zero-order chi connectivity index (χ0) is 15.0. The van der Waals surface area contributed by atoms with Crippen LogP contribution in [0.25, 0.3) is 11.0 Å². The number of benzene rings is 2. The highest BCUT2D eigenvalue weighted by molar-refractivity contribution is 14.1. The van der Waals surface area contributed by atoms with Gasteiger partial charge in [-0.3, -0.25) is 4.79 Å². The van der Waals surface area contributed by atoms with Crippen molar-refractivity contribution in [2.24, 2.45) is 0 Å². The molecule has 0 N–H and O–H groups in total. The first kappa shape index (κ1) is 14.8. The van der Waals surface area contributed by atoms with Crippen molar-refractivity contribution >= 4 is 55.3 Å². The third-order valence-electron chi connectivity index (χ3n) is 3.39. The van der Waals surface area contributed by atoms with Gasteiger partial charge in [-0.1, -0.05) is 41.1 Å². The van der Waals surface area contributed by atoms with Crippen molar-refractivity contribution < 1.29 is 9.21 Å². The molecule has 2 nitrogen and oxygen atoms in total. The Bertz CT molecular complexity index is 836. The van der Waals surface area contributed by atoms with Gasteiger partial charge in [0.25, 0.3) is 0 Å². The van der Waals surface area contributed by atoms with E-state index in [1.807, 2.05) is 49.4 Å². The summed E-state index contributed by atoms with van der Waals surface area (Å²) in [7, 11) is 0. The second kappa shape index (κ2) is 5.93. The number of ketones is 1. The molecule has 0 aliphatic carbocycles. The summed E-state index contributed by atoms with van der Waals surface area (Å²) in [5.74, 6) is 0.763. The standard InChI is InChI=1S/C17H12BrIO2/c1-2-14-16(11-5-3-4-6-15(11)21-14)17(20)12-9-10(18)7-8-13(12)19/h3-9H,2H2,1H3. The third kappa shape index (κ3) is 2.66. The zero-order valence-corrected chi connectivity index (χ0v) is 15.1. The molecule has 4 heteroatoms. The molecule has 0 radical (unpaired) electrons. The van der Waals surface area contributed by atoms with Crippen LogP contribution in [0.3, 0.4) is 0 Å². The summed E-state index contributed by atoms with van der Waals surface area (Å²) in [5.41, 5.74) is 2.15. The quantitative estimate of drug-likeness (QED) is 0.381. The number of halogens is 2. The molecule has 0 spiro atoms. The van der Waals surface area contributed by atoms with Gasteiger partial charge in [-0.15, -0.1) is 0 Å². The topological polar surface area (TPSA) is 30.2 Å². The van der Waals surface area contributed by atoms with E-state index < -0.39 is 0 Å². The Morgan fingerprint density at radius 2 is 2.00 bits per heavy atom. The van der Waals surface area contributed by atoms with Crippen molar-refractivity contribution in [2.45, 2.75) is 13.3 Å². The molecule has 0 fully saturated rings. The van der Waals surface area contributed by atoms with Crippen molar-refractivity contribution in [3.05, 3.63) is 67.4 Å². The van der Waals surface area contributed by atoms with E-state index >= 15 is 0 Å². The maximum atomic E-state index is 13.0. The van der Waals surface area contributed by atoms with Crippen LogP contribution < -0.4 is 0 Å².